The Morgan fingerprint density at radius 2 is 1.94 bits per heavy atom. The molecule has 0 aliphatic heterocycles. The molecule has 96 valence electrons. The molecule has 0 amide bonds. The third-order valence-electron chi connectivity index (χ3n) is 3.09. The molecule has 2 aromatic rings. The molecule has 0 unspecified atom stereocenters. The predicted octanol–water partition coefficient (Wildman–Crippen LogP) is 3.52. The average Bonchev–Trinajstić information content (AvgIpc) is 2.43. The van der Waals surface area contributed by atoms with E-state index >= 15 is 0 Å². The zero-order chi connectivity index (χ0) is 12.8. The van der Waals surface area contributed by atoms with Gasteiger partial charge in [0.05, 0.1) is 6.61 Å². The second-order valence-electron chi connectivity index (χ2n) is 4.50. The molecule has 0 spiro atoms. The molecule has 2 aromatic carbocycles. The Balaban J connectivity index is 2.41. The maximum absolute atomic E-state index is 5.85. The van der Waals surface area contributed by atoms with Crippen LogP contribution in [0.15, 0.2) is 36.4 Å². The lowest BCUT2D eigenvalue weighted by Gasteiger charge is -2.13. The summed E-state index contributed by atoms with van der Waals surface area (Å²) in [6.45, 7) is 3.62. The van der Waals surface area contributed by atoms with Gasteiger partial charge >= 0.3 is 0 Å². The SMILES string of the molecule is CCCOc1ccc2ccccc2c1CCCN. The fourth-order valence-electron chi connectivity index (χ4n) is 2.20. The minimum atomic E-state index is 0.719. The van der Waals surface area contributed by atoms with Gasteiger partial charge in [-0.25, -0.2) is 0 Å². The zero-order valence-corrected chi connectivity index (χ0v) is 11.0. The standard InChI is InChI=1S/C16H21NO/c1-2-12-18-16-10-9-13-6-3-4-7-14(13)15(16)8-5-11-17/h3-4,6-7,9-10H,2,5,8,11-12,17H2,1H3. The molecule has 2 N–H and O–H groups in total. The summed E-state index contributed by atoms with van der Waals surface area (Å²) in [5.74, 6) is 1.02. The molecule has 0 aliphatic carbocycles. The molecule has 0 bridgehead atoms. The first-order valence-corrected chi connectivity index (χ1v) is 6.70. The Hall–Kier alpha value is -1.54. The molecule has 0 heterocycles. The summed E-state index contributed by atoms with van der Waals surface area (Å²) >= 11 is 0. The van der Waals surface area contributed by atoms with E-state index < -0.39 is 0 Å². The fraction of sp³-hybridized carbons (Fsp3) is 0.375. The van der Waals surface area contributed by atoms with Gasteiger partial charge in [0, 0.05) is 5.56 Å². The van der Waals surface area contributed by atoms with E-state index in [0.717, 1.165) is 38.2 Å². The number of hydrogen-bond donors (Lipinski definition) is 1. The number of ether oxygens (including phenoxy) is 1. The maximum Gasteiger partial charge on any atom is 0.123 e. The first-order chi connectivity index (χ1) is 8.86. The van der Waals surface area contributed by atoms with Gasteiger partial charge in [0.15, 0.2) is 0 Å². The van der Waals surface area contributed by atoms with Gasteiger partial charge in [-0.2, -0.15) is 0 Å². The van der Waals surface area contributed by atoms with E-state index in [1.807, 2.05) is 0 Å². The number of aryl methyl sites for hydroxylation is 1. The second kappa shape index (κ2) is 6.41. The zero-order valence-electron chi connectivity index (χ0n) is 11.0. The summed E-state index contributed by atoms with van der Waals surface area (Å²) in [6, 6.07) is 12.7. The summed E-state index contributed by atoms with van der Waals surface area (Å²) in [6.07, 6.45) is 3.01. The maximum atomic E-state index is 5.85. The van der Waals surface area contributed by atoms with Crippen LogP contribution in [0.5, 0.6) is 5.75 Å². The minimum absolute atomic E-state index is 0.719. The van der Waals surface area contributed by atoms with Crippen molar-refractivity contribution in [3.63, 3.8) is 0 Å². The molecule has 0 aromatic heterocycles. The number of nitrogens with two attached hydrogens (primary N) is 1. The molecule has 0 fully saturated rings. The predicted molar refractivity (Wildman–Crippen MR) is 77.1 cm³/mol. The largest absolute Gasteiger partial charge is 0.493 e. The number of benzene rings is 2. The Morgan fingerprint density at radius 3 is 2.72 bits per heavy atom. The molecule has 0 atom stereocenters. The summed E-state index contributed by atoms with van der Waals surface area (Å²) in [5, 5.41) is 2.56. The van der Waals surface area contributed by atoms with Gasteiger partial charge in [-0.05, 0) is 42.6 Å². The Kier molecular flexibility index (Phi) is 4.59. The van der Waals surface area contributed by atoms with Crippen molar-refractivity contribution in [1.29, 1.82) is 0 Å². The van der Waals surface area contributed by atoms with E-state index in [2.05, 4.69) is 43.3 Å². The molecular formula is C16H21NO. The van der Waals surface area contributed by atoms with Gasteiger partial charge in [-0.1, -0.05) is 37.3 Å². The highest BCUT2D eigenvalue weighted by atomic mass is 16.5. The van der Waals surface area contributed by atoms with E-state index in [4.69, 9.17) is 10.5 Å². The van der Waals surface area contributed by atoms with Crippen molar-refractivity contribution in [2.45, 2.75) is 26.2 Å². The average molecular weight is 243 g/mol. The monoisotopic (exact) mass is 243 g/mol. The normalized spacial score (nSPS) is 10.8. The fourth-order valence-corrected chi connectivity index (χ4v) is 2.20. The van der Waals surface area contributed by atoms with Crippen molar-refractivity contribution in [3.05, 3.63) is 42.0 Å². The van der Waals surface area contributed by atoms with E-state index in [-0.39, 0.29) is 0 Å². The van der Waals surface area contributed by atoms with E-state index in [9.17, 15) is 0 Å². The Morgan fingerprint density at radius 1 is 1.11 bits per heavy atom. The highest BCUT2D eigenvalue weighted by Crippen LogP contribution is 2.29. The molecule has 0 aliphatic rings. The summed E-state index contributed by atoms with van der Waals surface area (Å²) in [4.78, 5) is 0. The first kappa shape index (κ1) is 12.9. The van der Waals surface area contributed by atoms with E-state index in [0.29, 0.717) is 0 Å². The Labute approximate surface area is 109 Å². The van der Waals surface area contributed by atoms with Crippen LogP contribution in [0.2, 0.25) is 0 Å². The van der Waals surface area contributed by atoms with Gasteiger partial charge in [0.2, 0.25) is 0 Å². The van der Waals surface area contributed by atoms with Gasteiger partial charge in [0.1, 0.15) is 5.75 Å². The van der Waals surface area contributed by atoms with Gasteiger partial charge in [0.25, 0.3) is 0 Å². The smallest absolute Gasteiger partial charge is 0.123 e. The van der Waals surface area contributed by atoms with Crippen molar-refractivity contribution in [2.75, 3.05) is 13.2 Å². The number of rotatable bonds is 6. The van der Waals surface area contributed by atoms with Crippen molar-refractivity contribution in [1.82, 2.24) is 0 Å². The van der Waals surface area contributed by atoms with Crippen LogP contribution in [0.1, 0.15) is 25.3 Å². The van der Waals surface area contributed by atoms with Crippen molar-refractivity contribution < 1.29 is 4.74 Å². The van der Waals surface area contributed by atoms with Crippen LogP contribution < -0.4 is 10.5 Å². The number of fused-ring (bicyclic) bond motifs is 1. The molecule has 0 radical (unpaired) electrons. The summed E-state index contributed by atoms with van der Waals surface area (Å²) in [7, 11) is 0. The quantitative estimate of drug-likeness (QED) is 0.842. The van der Waals surface area contributed by atoms with Crippen LogP contribution >= 0.6 is 0 Å². The van der Waals surface area contributed by atoms with Gasteiger partial charge < -0.3 is 10.5 Å². The van der Waals surface area contributed by atoms with Crippen LogP contribution in [-0.4, -0.2) is 13.2 Å². The second-order valence-corrected chi connectivity index (χ2v) is 4.50. The van der Waals surface area contributed by atoms with Crippen LogP contribution in [0.4, 0.5) is 0 Å². The number of hydrogen-bond acceptors (Lipinski definition) is 2. The molecule has 18 heavy (non-hydrogen) atoms. The Bertz CT molecular complexity index is 507. The summed E-state index contributed by atoms with van der Waals surface area (Å²) in [5.41, 5.74) is 6.93. The van der Waals surface area contributed by atoms with Gasteiger partial charge in [-0.15, -0.1) is 0 Å². The first-order valence-electron chi connectivity index (χ1n) is 6.70. The molecule has 0 saturated heterocycles. The molecule has 2 heteroatoms. The lowest BCUT2D eigenvalue weighted by atomic mass is 10.00. The van der Waals surface area contributed by atoms with E-state index in [1.165, 1.54) is 16.3 Å². The molecule has 2 nitrogen and oxygen atoms in total. The highest BCUT2D eigenvalue weighted by Gasteiger charge is 2.08. The molecular weight excluding hydrogens is 222 g/mol. The highest BCUT2D eigenvalue weighted by molar-refractivity contribution is 5.87. The lowest BCUT2D eigenvalue weighted by Crippen LogP contribution is -2.04. The summed E-state index contributed by atoms with van der Waals surface area (Å²) < 4.78 is 5.85. The van der Waals surface area contributed by atoms with E-state index in [1.54, 1.807) is 0 Å². The lowest BCUT2D eigenvalue weighted by molar-refractivity contribution is 0.314. The van der Waals surface area contributed by atoms with Crippen LogP contribution in [0.25, 0.3) is 10.8 Å². The molecule has 2 rings (SSSR count). The van der Waals surface area contributed by atoms with Crippen molar-refractivity contribution in [3.8, 4) is 5.75 Å². The van der Waals surface area contributed by atoms with Crippen LogP contribution in [-0.2, 0) is 6.42 Å². The third kappa shape index (κ3) is 2.82. The van der Waals surface area contributed by atoms with Crippen molar-refractivity contribution in [2.24, 2.45) is 5.73 Å². The minimum Gasteiger partial charge on any atom is -0.493 e. The van der Waals surface area contributed by atoms with Crippen LogP contribution in [0, 0.1) is 0 Å². The molecule has 0 saturated carbocycles. The van der Waals surface area contributed by atoms with Gasteiger partial charge in [-0.3, -0.25) is 0 Å². The third-order valence-corrected chi connectivity index (χ3v) is 3.09. The van der Waals surface area contributed by atoms with Crippen molar-refractivity contribution >= 4 is 10.8 Å². The topological polar surface area (TPSA) is 35.2 Å². The van der Waals surface area contributed by atoms with Crippen LogP contribution in [0.3, 0.4) is 0 Å².